The fraction of sp³-hybridized carbons (Fsp3) is 0.500. The first-order chi connectivity index (χ1) is 6.45. The van der Waals surface area contributed by atoms with Gasteiger partial charge < -0.3 is 4.74 Å². The van der Waals surface area contributed by atoms with Gasteiger partial charge in [0.15, 0.2) is 0 Å². The zero-order valence-corrected chi connectivity index (χ0v) is 10.4. The molecule has 0 unspecified atom stereocenters. The van der Waals surface area contributed by atoms with Gasteiger partial charge in [-0.05, 0) is 18.1 Å². The van der Waals surface area contributed by atoms with E-state index in [9.17, 15) is 0 Å². The Morgan fingerprint density at radius 2 is 1.86 bits per heavy atom. The van der Waals surface area contributed by atoms with Crippen LogP contribution in [0.2, 0.25) is 19.6 Å². The largest absolute Gasteiger partial charge is 0.370 e. The van der Waals surface area contributed by atoms with Crippen LogP contribution in [-0.2, 0) is 16.6 Å². The molecule has 0 spiro atoms. The van der Waals surface area contributed by atoms with E-state index < -0.39 is 8.07 Å². The monoisotopic (exact) mass is 206 g/mol. The Balaban J connectivity index is 2.53. The van der Waals surface area contributed by atoms with Crippen LogP contribution in [0.5, 0.6) is 0 Å². The van der Waals surface area contributed by atoms with E-state index in [1.807, 2.05) is 0 Å². The fourth-order valence-electron chi connectivity index (χ4n) is 2.03. The van der Waals surface area contributed by atoms with Crippen LogP contribution in [0, 0.1) is 0 Å². The molecule has 0 N–H and O–H groups in total. The van der Waals surface area contributed by atoms with Crippen LogP contribution >= 0.6 is 0 Å². The van der Waals surface area contributed by atoms with E-state index in [0.29, 0.717) is 0 Å². The molecule has 0 aliphatic carbocycles. The molecular formula is C12H18OSi. The second-order valence-corrected chi connectivity index (χ2v) is 10.7. The standard InChI is InChI=1S/C12H18OSi/c1-12(14(2,3)4)11-8-6-5-7-10(11)9-13-12/h5-8H,9H2,1-4H3/t12-/m0/s1. The van der Waals surface area contributed by atoms with Gasteiger partial charge in [0.25, 0.3) is 0 Å². The van der Waals surface area contributed by atoms with Crippen LogP contribution in [0.15, 0.2) is 24.3 Å². The molecule has 0 bridgehead atoms. The van der Waals surface area contributed by atoms with E-state index in [2.05, 4.69) is 50.8 Å². The Hall–Kier alpha value is -0.603. The lowest BCUT2D eigenvalue weighted by molar-refractivity contribution is 0.0342. The molecule has 1 aliphatic rings. The van der Waals surface area contributed by atoms with Gasteiger partial charge in [0.05, 0.1) is 19.9 Å². The molecule has 0 saturated carbocycles. The minimum atomic E-state index is -1.32. The van der Waals surface area contributed by atoms with Crippen LogP contribution in [0.3, 0.4) is 0 Å². The van der Waals surface area contributed by atoms with Crippen LogP contribution in [0.1, 0.15) is 18.1 Å². The molecular weight excluding hydrogens is 188 g/mol. The molecule has 1 heterocycles. The van der Waals surface area contributed by atoms with Crippen LogP contribution in [-0.4, -0.2) is 8.07 Å². The lowest BCUT2D eigenvalue weighted by Crippen LogP contribution is -2.46. The SMILES string of the molecule is C[C@@]1([Si](C)(C)C)OCc2ccccc21. The second-order valence-electron chi connectivity index (χ2n) is 5.23. The fourth-order valence-corrected chi connectivity index (χ4v) is 3.59. The second kappa shape index (κ2) is 2.94. The van der Waals surface area contributed by atoms with Crippen molar-refractivity contribution in [1.29, 1.82) is 0 Å². The third kappa shape index (κ3) is 1.25. The van der Waals surface area contributed by atoms with Crippen molar-refractivity contribution < 1.29 is 4.74 Å². The maximum absolute atomic E-state index is 6.04. The minimum absolute atomic E-state index is 0.00356. The Morgan fingerprint density at radius 3 is 2.50 bits per heavy atom. The van der Waals surface area contributed by atoms with Crippen LogP contribution in [0.4, 0.5) is 0 Å². The summed E-state index contributed by atoms with van der Waals surface area (Å²) < 4.78 is 6.04. The molecule has 1 aromatic rings. The van der Waals surface area contributed by atoms with Crippen molar-refractivity contribution in [3.8, 4) is 0 Å². The third-order valence-corrected chi connectivity index (χ3v) is 6.75. The van der Waals surface area contributed by atoms with Gasteiger partial charge in [-0.2, -0.15) is 0 Å². The molecule has 1 aliphatic heterocycles. The number of rotatable bonds is 1. The van der Waals surface area contributed by atoms with Crippen molar-refractivity contribution >= 4 is 8.07 Å². The summed E-state index contributed by atoms with van der Waals surface area (Å²) in [6.45, 7) is 10.2. The van der Waals surface area contributed by atoms with Gasteiger partial charge in [-0.3, -0.25) is 0 Å². The molecule has 0 fully saturated rings. The molecule has 2 heteroatoms. The summed E-state index contributed by atoms with van der Waals surface area (Å²) in [6.07, 6.45) is 0. The first-order valence-corrected chi connectivity index (χ1v) is 8.67. The van der Waals surface area contributed by atoms with E-state index in [1.165, 1.54) is 11.1 Å². The van der Waals surface area contributed by atoms with E-state index in [1.54, 1.807) is 0 Å². The van der Waals surface area contributed by atoms with Gasteiger partial charge >= 0.3 is 0 Å². The first-order valence-electron chi connectivity index (χ1n) is 5.17. The van der Waals surface area contributed by atoms with Crippen LogP contribution < -0.4 is 0 Å². The zero-order valence-electron chi connectivity index (χ0n) is 9.42. The summed E-state index contributed by atoms with van der Waals surface area (Å²) in [5, 5.41) is 0.00356. The Labute approximate surface area is 87.1 Å². The Kier molecular flexibility index (Phi) is 2.09. The topological polar surface area (TPSA) is 9.23 Å². The van der Waals surface area contributed by atoms with E-state index in [-0.39, 0.29) is 5.22 Å². The highest BCUT2D eigenvalue weighted by Crippen LogP contribution is 2.42. The molecule has 1 nitrogen and oxygen atoms in total. The van der Waals surface area contributed by atoms with Crippen molar-refractivity contribution in [1.82, 2.24) is 0 Å². The highest BCUT2D eigenvalue weighted by molar-refractivity contribution is 6.78. The van der Waals surface area contributed by atoms with Crippen LogP contribution in [0.25, 0.3) is 0 Å². The Bertz CT molecular complexity index is 354. The smallest absolute Gasteiger partial charge is 0.0878 e. The number of fused-ring (bicyclic) bond motifs is 1. The van der Waals surface area contributed by atoms with E-state index in [4.69, 9.17) is 4.74 Å². The van der Waals surface area contributed by atoms with Gasteiger partial charge in [-0.1, -0.05) is 43.9 Å². The number of hydrogen-bond acceptors (Lipinski definition) is 1. The van der Waals surface area contributed by atoms with Gasteiger partial charge in [0, 0.05) is 0 Å². The third-order valence-electron chi connectivity index (χ3n) is 3.48. The quantitative estimate of drug-likeness (QED) is 0.641. The van der Waals surface area contributed by atoms with E-state index >= 15 is 0 Å². The maximum Gasteiger partial charge on any atom is 0.0878 e. The van der Waals surface area contributed by atoms with Crippen molar-refractivity contribution in [2.45, 2.75) is 38.4 Å². The molecule has 0 radical (unpaired) electrons. The average molecular weight is 206 g/mol. The first kappa shape index (κ1) is 9.93. The van der Waals surface area contributed by atoms with Gasteiger partial charge in [-0.15, -0.1) is 0 Å². The number of benzene rings is 1. The maximum atomic E-state index is 6.04. The summed E-state index contributed by atoms with van der Waals surface area (Å²) in [7, 11) is -1.32. The molecule has 0 amide bonds. The van der Waals surface area contributed by atoms with Crippen molar-refractivity contribution in [2.75, 3.05) is 0 Å². The summed E-state index contributed by atoms with van der Waals surface area (Å²) in [5.41, 5.74) is 2.79. The summed E-state index contributed by atoms with van der Waals surface area (Å²) in [4.78, 5) is 0. The lowest BCUT2D eigenvalue weighted by atomic mass is 10.1. The van der Waals surface area contributed by atoms with E-state index in [0.717, 1.165) is 6.61 Å². The molecule has 2 rings (SSSR count). The minimum Gasteiger partial charge on any atom is -0.370 e. The molecule has 76 valence electrons. The summed E-state index contributed by atoms with van der Waals surface area (Å²) in [5.74, 6) is 0. The molecule has 1 atom stereocenters. The van der Waals surface area contributed by atoms with Crippen molar-refractivity contribution in [2.24, 2.45) is 0 Å². The molecule has 1 aromatic carbocycles. The van der Waals surface area contributed by atoms with Gasteiger partial charge in [0.1, 0.15) is 0 Å². The summed E-state index contributed by atoms with van der Waals surface area (Å²) in [6, 6.07) is 8.62. The predicted octanol–water partition coefficient (Wildman–Crippen LogP) is 3.31. The highest BCUT2D eigenvalue weighted by Gasteiger charge is 2.46. The number of ether oxygens (including phenoxy) is 1. The zero-order chi connectivity index (χ0) is 10.4. The molecule has 14 heavy (non-hydrogen) atoms. The van der Waals surface area contributed by atoms with Gasteiger partial charge in [-0.25, -0.2) is 0 Å². The Morgan fingerprint density at radius 1 is 1.21 bits per heavy atom. The van der Waals surface area contributed by atoms with Crippen molar-refractivity contribution in [3.05, 3.63) is 35.4 Å². The molecule has 0 aromatic heterocycles. The average Bonchev–Trinajstić information content (AvgIpc) is 2.45. The lowest BCUT2D eigenvalue weighted by Gasteiger charge is -2.37. The summed E-state index contributed by atoms with van der Waals surface area (Å²) >= 11 is 0. The molecule has 0 saturated heterocycles. The normalized spacial score (nSPS) is 26.3. The van der Waals surface area contributed by atoms with Gasteiger partial charge in [0.2, 0.25) is 0 Å². The number of hydrogen-bond donors (Lipinski definition) is 0. The highest BCUT2D eigenvalue weighted by atomic mass is 28.3. The predicted molar refractivity (Wildman–Crippen MR) is 61.9 cm³/mol. The van der Waals surface area contributed by atoms with Crippen molar-refractivity contribution in [3.63, 3.8) is 0 Å².